The summed E-state index contributed by atoms with van der Waals surface area (Å²) in [7, 11) is 2.59. The molecule has 1 rings (SSSR count). The van der Waals surface area contributed by atoms with E-state index in [1.165, 1.54) is 14.2 Å². The van der Waals surface area contributed by atoms with Gasteiger partial charge in [0, 0.05) is 5.56 Å². The molecular formula is C10H10BrF2NO3. The molecule has 0 spiro atoms. The second-order valence-corrected chi connectivity index (χ2v) is 3.85. The second-order valence-electron chi connectivity index (χ2n) is 3.06. The monoisotopic (exact) mass is 309 g/mol. The van der Waals surface area contributed by atoms with Gasteiger partial charge in [0.2, 0.25) is 0 Å². The first-order valence-electron chi connectivity index (χ1n) is 4.57. The highest BCUT2D eigenvalue weighted by molar-refractivity contribution is 9.10. The van der Waals surface area contributed by atoms with E-state index < -0.39 is 18.1 Å². The minimum Gasteiger partial charge on any atom is -0.495 e. The number of alkyl halides is 2. The number of hydrogen-bond donors (Lipinski definition) is 0. The molecule has 4 nitrogen and oxygen atoms in total. The molecule has 0 bridgehead atoms. The molecule has 7 heteroatoms. The van der Waals surface area contributed by atoms with Crippen molar-refractivity contribution in [2.45, 2.75) is 12.8 Å². The largest absolute Gasteiger partial charge is 0.495 e. The van der Waals surface area contributed by atoms with Gasteiger partial charge in [0.1, 0.15) is 11.4 Å². The maximum atomic E-state index is 12.6. The quantitative estimate of drug-likeness (QED) is 0.802. The molecule has 0 amide bonds. The minimum atomic E-state index is -2.73. The van der Waals surface area contributed by atoms with Crippen LogP contribution in [0.3, 0.4) is 0 Å². The van der Waals surface area contributed by atoms with Crippen LogP contribution in [-0.2, 0) is 16.0 Å². The summed E-state index contributed by atoms with van der Waals surface area (Å²) in [6.07, 6.45) is -1.74. The van der Waals surface area contributed by atoms with Crippen LogP contribution in [0.25, 0.3) is 0 Å². The van der Waals surface area contributed by atoms with E-state index in [1.807, 2.05) is 0 Å². The number of pyridine rings is 1. The van der Waals surface area contributed by atoms with Gasteiger partial charge < -0.3 is 9.47 Å². The standard InChI is InChI=1S/C10H10BrF2NO3/c1-16-6-4-14-9(10(12)13)8(11)5(6)3-7(15)17-2/h4,10H,3H2,1-2H3. The molecule has 0 aliphatic rings. The maximum Gasteiger partial charge on any atom is 0.310 e. The van der Waals surface area contributed by atoms with Crippen molar-refractivity contribution < 1.29 is 23.0 Å². The Labute approximate surface area is 105 Å². The molecule has 0 aliphatic carbocycles. The van der Waals surface area contributed by atoms with Gasteiger partial charge in [-0.2, -0.15) is 0 Å². The predicted molar refractivity (Wildman–Crippen MR) is 59.2 cm³/mol. The molecule has 0 fully saturated rings. The number of ether oxygens (including phenoxy) is 2. The zero-order chi connectivity index (χ0) is 13.0. The fourth-order valence-electron chi connectivity index (χ4n) is 1.23. The van der Waals surface area contributed by atoms with Crippen molar-refractivity contribution in [3.05, 3.63) is 21.9 Å². The van der Waals surface area contributed by atoms with Crippen LogP contribution in [-0.4, -0.2) is 25.2 Å². The van der Waals surface area contributed by atoms with E-state index in [9.17, 15) is 13.6 Å². The Hall–Kier alpha value is -1.24. The van der Waals surface area contributed by atoms with E-state index in [1.54, 1.807) is 0 Å². The number of esters is 1. The van der Waals surface area contributed by atoms with E-state index in [0.29, 0.717) is 5.56 Å². The molecule has 1 aromatic rings. The lowest BCUT2D eigenvalue weighted by molar-refractivity contribution is -0.139. The number of aromatic nitrogens is 1. The van der Waals surface area contributed by atoms with Gasteiger partial charge in [0.25, 0.3) is 6.43 Å². The van der Waals surface area contributed by atoms with Gasteiger partial charge in [-0.3, -0.25) is 9.78 Å². The third-order valence-electron chi connectivity index (χ3n) is 2.08. The maximum absolute atomic E-state index is 12.6. The van der Waals surface area contributed by atoms with Crippen molar-refractivity contribution in [1.29, 1.82) is 0 Å². The minimum absolute atomic E-state index is 0.0669. The Balaban J connectivity index is 3.22. The summed E-state index contributed by atoms with van der Waals surface area (Å²) in [5.41, 5.74) is -0.130. The van der Waals surface area contributed by atoms with Crippen LogP contribution in [0, 0.1) is 0 Å². The molecule has 0 N–H and O–H groups in total. The summed E-state index contributed by atoms with van der Waals surface area (Å²) in [6.45, 7) is 0. The molecule has 0 saturated heterocycles. The Morgan fingerprint density at radius 3 is 2.65 bits per heavy atom. The molecule has 0 aliphatic heterocycles. The molecule has 0 atom stereocenters. The van der Waals surface area contributed by atoms with Crippen LogP contribution in [0.1, 0.15) is 17.7 Å². The molecule has 1 aromatic heterocycles. The highest BCUT2D eigenvalue weighted by Crippen LogP contribution is 2.33. The number of hydrogen-bond acceptors (Lipinski definition) is 4. The molecule has 94 valence electrons. The summed E-state index contributed by atoms with van der Waals surface area (Å²) in [5, 5.41) is 0. The summed E-state index contributed by atoms with van der Waals surface area (Å²) >= 11 is 3.00. The fourth-order valence-corrected chi connectivity index (χ4v) is 1.85. The Kier molecular flexibility index (Phi) is 4.80. The Morgan fingerprint density at radius 2 is 2.18 bits per heavy atom. The first kappa shape index (κ1) is 13.8. The first-order valence-corrected chi connectivity index (χ1v) is 5.36. The normalized spacial score (nSPS) is 10.5. The Bertz CT molecular complexity index is 426. The van der Waals surface area contributed by atoms with Crippen molar-refractivity contribution in [1.82, 2.24) is 4.98 Å². The van der Waals surface area contributed by atoms with E-state index in [2.05, 4.69) is 25.7 Å². The molecule has 0 unspecified atom stereocenters. The van der Waals surface area contributed by atoms with Crippen LogP contribution in [0.4, 0.5) is 8.78 Å². The number of rotatable bonds is 4. The average Bonchev–Trinajstić information content (AvgIpc) is 2.30. The molecule has 0 radical (unpaired) electrons. The zero-order valence-electron chi connectivity index (χ0n) is 9.17. The SMILES string of the molecule is COC(=O)Cc1c(OC)cnc(C(F)F)c1Br. The van der Waals surface area contributed by atoms with Crippen LogP contribution >= 0.6 is 15.9 Å². The number of nitrogens with zero attached hydrogens (tertiary/aromatic N) is 1. The molecular weight excluding hydrogens is 300 g/mol. The van der Waals surface area contributed by atoms with Crippen molar-refractivity contribution in [3.63, 3.8) is 0 Å². The van der Waals surface area contributed by atoms with Crippen molar-refractivity contribution in [3.8, 4) is 5.75 Å². The van der Waals surface area contributed by atoms with Crippen molar-refractivity contribution >= 4 is 21.9 Å². The van der Waals surface area contributed by atoms with Gasteiger partial charge in [0.05, 0.1) is 31.3 Å². The van der Waals surface area contributed by atoms with E-state index in [0.717, 1.165) is 6.20 Å². The third-order valence-corrected chi connectivity index (χ3v) is 2.97. The lowest BCUT2D eigenvalue weighted by Crippen LogP contribution is -2.08. The number of halogens is 3. The van der Waals surface area contributed by atoms with Gasteiger partial charge in [0.15, 0.2) is 0 Å². The van der Waals surface area contributed by atoms with Gasteiger partial charge >= 0.3 is 5.97 Å². The zero-order valence-corrected chi connectivity index (χ0v) is 10.8. The number of carbonyl (C=O) groups is 1. The summed E-state index contributed by atoms with van der Waals surface area (Å²) in [6, 6.07) is 0. The van der Waals surface area contributed by atoms with Crippen molar-refractivity contribution in [2.24, 2.45) is 0 Å². The lowest BCUT2D eigenvalue weighted by atomic mass is 10.1. The number of methoxy groups -OCH3 is 2. The van der Waals surface area contributed by atoms with E-state index in [4.69, 9.17) is 4.74 Å². The smallest absolute Gasteiger partial charge is 0.310 e. The average molecular weight is 310 g/mol. The highest BCUT2D eigenvalue weighted by atomic mass is 79.9. The van der Waals surface area contributed by atoms with Crippen LogP contribution in [0.2, 0.25) is 0 Å². The van der Waals surface area contributed by atoms with Crippen molar-refractivity contribution in [2.75, 3.05) is 14.2 Å². The predicted octanol–water partition coefficient (Wildman–Crippen LogP) is 2.51. The first-order chi connectivity index (χ1) is 8.01. The summed E-state index contributed by atoms with van der Waals surface area (Å²) in [4.78, 5) is 14.7. The summed E-state index contributed by atoms with van der Waals surface area (Å²) < 4.78 is 34.7. The van der Waals surface area contributed by atoms with Gasteiger partial charge in [-0.15, -0.1) is 0 Å². The second kappa shape index (κ2) is 5.90. The van der Waals surface area contributed by atoms with Gasteiger partial charge in [-0.1, -0.05) is 0 Å². The van der Waals surface area contributed by atoms with E-state index >= 15 is 0 Å². The van der Waals surface area contributed by atoms with E-state index in [-0.39, 0.29) is 16.6 Å². The van der Waals surface area contributed by atoms with Crippen LogP contribution in [0.15, 0.2) is 10.7 Å². The lowest BCUT2D eigenvalue weighted by Gasteiger charge is -2.12. The topological polar surface area (TPSA) is 48.4 Å². The van der Waals surface area contributed by atoms with Crippen LogP contribution in [0.5, 0.6) is 5.75 Å². The number of carbonyl (C=O) groups excluding carboxylic acids is 1. The van der Waals surface area contributed by atoms with Crippen LogP contribution < -0.4 is 4.74 Å². The van der Waals surface area contributed by atoms with Gasteiger partial charge in [-0.05, 0) is 15.9 Å². The molecule has 0 aromatic carbocycles. The summed E-state index contributed by atoms with van der Waals surface area (Å²) in [5.74, 6) is -0.290. The third kappa shape index (κ3) is 3.12. The molecule has 1 heterocycles. The van der Waals surface area contributed by atoms with Gasteiger partial charge in [-0.25, -0.2) is 8.78 Å². The molecule has 17 heavy (non-hydrogen) atoms. The molecule has 0 saturated carbocycles. The Morgan fingerprint density at radius 1 is 1.53 bits per heavy atom. The highest BCUT2D eigenvalue weighted by Gasteiger charge is 2.21. The fraction of sp³-hybridized carbons (Fsp3) is 0.400.